The summed E-state index contributed by atoms with van der Waals surface area (Å²) in [6.07, 6.45) is 0. The Balaban J connectivity index is 2.83. The maximum Gasteiger partial charge on any atom is 0.300 e. The third kappa shape index (κ3) is 1.15. The van der Waals surface area contributed by atoms with Gasteiger partial charge in [0.15, 0.2) is 0 Å². The van der Waals surface area contributed by atoms with Crippen LogP contribution in [0, 0.1) is 6.07 Å². The number of hydrogen-bond donors (Lipinski definition) is 0. The highest BCUT2D eigenvalue weighted by molar-refractivity contribution is 7.90. The zero-order valence-electron chi connectivity index (χ0n) is 6.26. The third-order valence-corrected chi connectivity index (χ3v) is 2.74. The number of sulfonamides is 1. The van der Waals surface area contributed by atoms with Crippen molar-refractivity contribution in [2.45, 2.75) is 4.90 Å². The Morgan fingerprint density at radius 3 is 2.85 bits per heavy atom. The predicted molar refractivity (Wildman–Crippen MR) is 41.7 cm³/mol. The Labute approximate surface area is 74.2 Å². The van der Waals surface area contributed by atoms with Crippen LogP contribution in [0.15, 0.2) is 32.7 Å². The highest BCUT2D eigenvalue weighted by Gasteiger charge is 2.26. The average molecular weight is 195 g/mol. The quantitative estimate of drug-likeness (QED) is 0.613. The van der Waals surface area contributed by atoms with Gasteiger partial charge in [0, 0.05) is 0 Å². The van der Waals surface area contributed by atoms with Crippen LogP contribution in [0.1, 0.15) is 10.4 Å². The van der Waals surface area contributed by atoms with E-state index in [1.54, 1.807) is 0 Å². The van der Waals surface area contributed by atoms with Crippen LogP contribution in [-0.2, 0) is 10.0 Å². The van der Waals surface area contributed by atoms with E-state index in [9.17, 15) is 13.2 Å². The van der Waals surface area contributed by atoms with Crippen LogP contribution < -0.4 is 0 Å². The molecule has 1 amide bonds. The number of nitrogens with zero attached hydrogens (tertiary/aromatic N) is 2. The molecule has 1 aromatic rings. The van der Waals surface area contributed by atoms with Gasteiger partial charge in [0.2, 0.25) is 0 Å². The Kier molecular flexibility index (Phi) is 1.53. The molecule has 1 radical (unpaired) electrons. The fourth-order valence-electron chi connectivity index (χ4n) is 0.988. The second-order valence-electron chi connectivity index (χ2n) is 2.37. The first kappa shape index (κ1) is 8.06. The minimum absolute atomic E-state index is 0.0440. The summed E-state index contributed by atoms with van der Waals surface area (Å²) in [5.74, 6) is -0.676. The van der Waals surface area contributed by atoms with Crippen LogP contribution in [0.3, 0.4) is 0 Å². The fraction of sp³-hybridized carbons (Fsp3) is 0. The second-order valence-corrected chi connectivity index (χ2v) is 3.92. The lowest BCUT2D eigenvalue weighted by atomic mass is 10.2. The fourth-order valence-corrected chi connectivity index (χ4v) is 1.91. The van der Waals surface area contributed by atoms with Crippen molar-refractivity contribution in [2.24, 2.45) is 9.63 Å². The van der Waals surface area contributed by atoms with Crippen molar-refractivity contribution in [1.82, 2.24) is 0 Å². The van der Waals surface area contributed by atoms with E-state index in [4.69, 9.17) is 0 Å². The molecule has 5 nitrogen and oxygen atoms in total. The van der Waals surface area contributed by atoms with Crippen molar-refractivity contribution in [3.05, 3.63) is 29.8 Å². The van der Waals surface area contributed by atoms with Gasteiger partial charge in [-0.3, -0.25) is 4.79 Å². The normalized spacial score (nSPS) is 18.3. The highest BCUT2D eigenvalue weighted by atomic mass is 32.2. The maximum atomic E-state index is 11.2. The third-order valence-electron chi connectivity index (χ3n) is 1.55. The maximum absolute atomic E-state index is 11.2. The Morgan fingerprint density at radius 2 is 2.15 bits per heavy atom. The van der Waals surface area contributed by atoms with Crippen molar-refractivity contribution in [2.75, 3.05) is 0 Å². The molecule has 0 unspecified atom stereocenters. The standard InChI is InChI=1S/C7H3N2O3S/c10-7-5-3-1-2-4-6(5)13(11,12)9-8-7/h1-2,4H. The summed E-state index contributed by atoms with van der Waals surface area (Å²) in [5, 5.41) is 2.99. The molecular weight excluding hydrogens is 192 g/mol. The summed E-state index contributed by atoms with van der Waals surface area (Å²) >= 11 is 0. The molecule has 2 rings (SSSR count). The van der Waals surface area contributed by atoms with Crippen LogP contribution in [0.2, 0.25) is 0 Å². The lowest BCUT2D eigenvalue weighted by Crippen LogP contribution is -2.10. The molecule has 65 valence electrons. The Hall–Kier alpha value is -1.56. The lowest BCUT2D eigenvalue weighted by molar-refractivity contribution is 0.0990. The van der Waals surface area contributed by atoms with Crippen LogP contribution >= 0.6 is 0 Å². The summed E-state index contributed by atoms with van der Waals surface area (Å²) in [6, 6.07) is 6.74. The molecule has 0 saturated heterocycles. The molecule has 0 bridgehead atoms. The topological polar surface area (TPSA) is 75.9 Å². The van der Waals surface area contributed by atoms with Gasteiger partial charge in [-0.05, 0) is 12.1 Å². The molecule has 1 aliphatic heterocycles. The van der Waals surface area contributed by atoms with E-state index in [2.05, 4.69) is 15.7 Å². The van der Waals surface area contributed by atoms with Gasteiger partial charge in [0.1, 0.15) is 4.90 Å². The average Bonchev–Trinajstić information content (AvgIpc) is 2.13. The molecule has 13 heavy (non-hydrogen) atoms. The van der Waals surface area contributed by atoms with Crippen molar-refractivity contribution in [3.63, 3.8) is 0 Å². The number of carbonyl (C=O) groups excluding carboxylic acids is 1. The van der Waals surface area contributed by atoms with E-state index in [1.807, 2.05) is 0 Å². The van der Waals surface area contributed by atoms with E-state index < -0.39 is 15.9 Å². The molecule has 1 aromatic carbocycles. The van der Waals surface area contributed by atoms with E-state index in [-0.39, 0.29) is 10.5 Å². The van der Waals surface area contributed by atoms with Gasteiger partial charge >= 0.3 is 10.0 Å². The number of amides is 1. The molecule has 0 atom stereocenters. The minimum Gasteiger partial charge on any atom is -0.265 e. The van der Waals surface area contributed by atoms with Crippen molar-refractivity contribution in [3.8, 4) is 0 Å². The Bertz CT molecular complexity index is 504. The molecule has 6 heteroatoms. The van der Waals surface area contributed by atoms with Crippen LogP contribution in [0.25, 0.3) is 0 Å². The van der Waals surface area contributed by atoms with Gasteiger partial charge in [0.05, 0.1) is 5.56 Å². The van der Waals surface area contributed by atoms with Gasteiger partial charge < -0.3 is 0 Å². The largest absolute Gasteiger partial charge is 0.300 e. The Morgan fingerprint density at radius 1 is 1.38 bits per heavy atom. The molecule has 0 saturated carbocycles. The first-order chi connectivity index (χ1) is 6.11. The van der Waals surface area contributed by atoms with E-state index >= 15 is 0 Å². The molecule has 0 N–H and O–H groups in total. The number of hydrogen-bond acceptors (Lipinski definition) is 3. The molecular formula is C7H3N2O3S. The highest BCUT2D eigenvalue weighted by Crippen LogP contribution is 2.22. The van der Waals surface area contributed by atoms with E-state index in [0.29, 0.717) is 0 Å². The predicted octanol–water partition coefficient (Wildman–Crippen LogP) is 0.781. The van der Waals surface area contributed by atoms with Gasteiger partial charge in [-0.1, -0.05) is 21.8 Å². The number of carbonyl (C=O) groups is 1. The molecule has 0 aliphatic carbocycles. The van der Waals surface area contributed by atoms with Gasteiger partial charge in [-0.25, -0.2) is 0 Å². The van der Waals surface area contributed by atoms with Crippen LogP contribution in [0.4, 0.5) is 0 Å². The molecule has 0 spiro atoms. The molecule has 1 aliphatic rings. The van der Waals surface area contributed by atoms with Crippen LogP contribution in [0.5, 0.6) is 0 Å². The summed E-state index contributed by atoms with van der Waals surface area (Å²) in [4.78, 5) is 10.9. The number of fused-ring (bicyclic) bond motifs is 1. The summed E-state index contributed by atoms with van der Waals surface area (Å²) in [7, 11) is -3.77. The first-order valence-electron chi connectivity index (χ1n) is 3.34. The van der Waals surface area contributed by atoms with Gasteiger partial charge in [-0.2, -0.15) is 8.42 Å². The summed E-state index contributed by atoms with van der Waals surface area (Å²) in [5.41, 5.74) is -0.0440. The van der Waals surface area contributed by atoms with E-state index in [1.165, 1.54) is 18.2 Å². The zero-order valence-corrected chi connectivity index (χ0v) is 7.08. The van der Waals surface area contributed by atoms with Gasteiger partial charge in [-0.15, -0.1) is 0 Å². The second kappa shape index (κ2) is 2.46. The monoisotopic (exact) mass is 195 g/mol. The van der Waals surface area contributed by atoms with Gasteiger partial charge in [0.25, 0.3) is 5.91 Å². The lowest BCUT2D eigenvalue weighted by Gasteiger charge is -2.05. The van der Waals surface area contributed by atoms with Crippen LogP contribution in [-0.4, -0.2) is 14.3 Å². The SMILES string of the molecule is O=C1N=NS(=O)(=O)c2ccc[c]c21. The smallest absolute Gasteiger partial charge is 0.265 e. The van der Waals surface area contributed by atoms with E-state index in [0.717, 1.165) is 0 Å². The summed E-state index contributed by atoms with van der Waals surface area (Å²) in [6.45, 7) is 0. The zero-order chi connectivity index (χ0) is 9.47. The van der Waals surface area contributed by atoms with Crippen molar-refractivity contribution in [1.29, 1.82) is 0 Å². The first-order valence-corrected chi connectivity index (χ1v) is 4.78. The van der Waals surface area contributed by atoms with Crippen molar-refractivity contribution < 1.29 is 13.2 Å². The number of benzene rings is 1. The minimum atomic E-state index is -3.77. The van der Waals surface area contributed by atoms with Crippen molar-refractivity contribution >= 4 is 15.9 Å². The summed E-state index contributed by atoms with van der Waals surface area (Å²) < 4.78 is 25.3. The molecule has 0 fully saturated rings. The number of rotatable bonds is 0. The molecule has 1 heterocycles. The molecule has 0 aromatic heterocycles.